The fourth-order valence-corrected chi connectivity index (χ4v) is 4.65. The summed E-state index contributed by atoms with van der Waals surface area (Å²) < 4.78 is 39.1. The van der Waals surface area contributed by atoms with Crippen LogP contribution in [0.15, 0.2) is 41.3 Å². The molecule has 2 aliphatic rings. The molecule has 2 aromatic carbocycles. The van der Waals surface area contributed by atoms with Crippen molar-refractivity contribution < 1.29 is 22.7 Å². The Balaban J connectivity index is 1.51. The van der Waals surface area contributed by atoms with Crippen LogP contribution in [0.2, 0.25) is 0 Å². The van der Waals surface area contributed by atoms with E-state index < -0.39 is 16.1 Å². The van der Waals surface area contributed by atoms with Gasteiger partial charge < -0.3 is 14.4 Å². The number of nitrogens with one attached hydrogen (secondary N) is 1. The Bertz CT molecular complexity index is 1030. The molecule has 0 unspecified atom stereocenters. The molecule has 7 nitrogen and oxygen atoms in total. The van der Waals surface area contributed by atoms with Crippen molar-refractivity contribution in [1.82, 2.24) is 4.72 Å². The lowest BCUT2D eigenvalue weighted by Gasteiger charge is -2.20. The summed E-state index contributed by atoms with van der Waals surface area (Å²) in [6.45, 7) is 5.11. The molecule has 0 spiro atoms. The van der Waals surface area contributed by atoms with Gasteiger partial charge in [-0.25, -0.2) is 13.1 Å². The van der Waals surface area contributed by atoms with Crippen molar-refractivity contribution in [2.24, 2.45) is 0 Å². The largest absolute Gasteiger partial charge is 0.486 e. The van der Waals surface area contributed by atoms with Gasteiger partial charge in [-0.1, -0.05) is 6.07 Å². The highest BCUT2D eigenvalue weighted by Gasteiger charge is 2.34. The zero-order valence-corrected chi connectivity index (χ0v) is 16.6. The van der Waals surface area contributed by atoms with Gasteiger partial charge in [0.05, 0.1) is 4.90 Å². The van der Waals surface area contributed by atoms with E-state index in [0.717, 1.165) is 16.8 Å². The van der Waals surface area contributed by atoms with Crippen LogP contribution < -0.4 is 19.1 Å². The second-order valence-corrected chi connectivity index (χ2v) is 8.81. The molecule has 0 bridgehead atoms. The van der Waals surface area contributed by atoms with Crippen molar-refractivity contribution in [2.75, 3.05) is 24.7 Å². The minimum absolute atomic E-state index is 0.0915. The number of benzene rings is 2. The van der Waals surface area contributed by atoms with Gasteiger partial charge in [0.25, 0.3) is 0 Å². The second kappa shape index (κ2) is 7.10. The van der Waals surface area contributed by atoms with Gasteiger partial charge in [-0.2, -0.15) is 0 Å². The van der Waals surface area contributed by atoms with Crippen molar-refractivity contribution in [3.8, 4) is 11.5 Å². The van der Waals surface area contributed by atoms with E-state index in [-0.39, 0.29) is 17.2 Å². The standard InChI is InChI=1S/C20H22N2O5S/c1-13-3-4-16(9-14(13)2)22-12-15(10-20(22)23)21-28(24,25)17-5-6-18-19(11-17)27-8-7-26-18/h3-6,9,11,15,21H,7-8,10,12H2,1-2H3/t15-/m0/s1. The number of hydrogen-bond acceptors (Lipinski definition) is 5. The maximum Gasteiger partial charge on any atom is 0.241 e. The van der Waals surface area contributed by atoms with Crippen LogP contribution in [0.25, 0.3) is 0 Å². The number of fused-ring (bicyclic) bond motifs is 1. The van der Waals surface area contributed by atoms with Gasteiger partial charge in [0.2, 0.25) is 15.9 Å². The van der Waals surface area contributed by atoms with Crippen molar-refractivity contribution in [1.29, 1.82) is 0 Å². The number of hydrogen-bond donors (Lipinski definition) is 1. The Morgan fingerprint density at radius 3 is 2.50 bits per heavy atom. The van der Waals surface area contributed by atoms with Crippen LogP contribution in [0, 0.1) is 13.8 Å². The average Bonchev–Trinajstić information content (AvgIpc) is 3.03. The summed E-state index contributed by atoms with van der Waals surface area (Å²) in [6.07, 6.45) is 0.122. The smallest absolute Gasteiger partial charge is 0.241 e. The molecule has 28 heavy (non-hydrogen) atoms. The Kier molecular flexibility index (Phi) is 4.76. The van der Waals surface area contributed by atoms with E-state index in [0.29, 0.717) is 31.3 Å². The van der Waals surface area contributed by atoms with E-state index >= 15 is 0 Å². The average molecular weight is 402 g/mol. The van der Waals surface area contributed by atoms with Crippen molar-refractivity contribution in [3.05, 3.63) is 47.5 Å². The monoisotopic (exact) mass is 402 g/mol. The lowest BCUT2D eigenvalue weighted by atomic mass is 10.1. The molecular formula is C20H22N2O5S. The van der Waals surface area contributed by atoms with E-state index in [1.807, 2.05) is 32.0 Å². The molecule has 0 radical (unpaired) electrons. The number of carbonyl (C=O) groups excluding carboxylic acids is 1. The van der Waals surface area contributed by atoms with Gasteiger partial charge in [0, 0.05) is 30.8 Å². The molecule has 2 aromatic rings. The Labute approximate surface area is 164 Å². The topological polar surface area (TPSA) is 84.9 Å². The van der Waals surface area contributed by atoms with E-state index in [4.69, 9.17) is 9.47 Å². The zero-order valence-electron chi connectivity index (χ0n) is 15.8. The third kappa shape index (κ3) is 3.57. The van der Waals surface area contributed by atoms with Gasteiger partial charge in [-0.05, 0) is 49.2 Å². The second-order valence-electron chi connectivity index (χ2n) is 7.10. The fraction of sp³-hybridized carbons (Fsp3) is 0.350. The fourth-order valence-electron chi connectivity index (χ4n) is 3.41. The minimum Gasteiger partial charge on any atom is -0.486 e. The Hall–Kier alpha value is -2.58. The molecule has 1 saturated heterocycles. The number of carbonyl (C=O) groups is 1. The Morgan fingerprint density at radius 2 is 1.75 bits per heavy atom. The molecule has 2 aliphatic heterocycles. The zero-order chi connectivity index (χ0) is 19.9. The summed E-state index contributed by atoms with van der Waals surface area (Å²) in [5.74, 6) is 0.841. The van der Waals surface area contributed by atoms with Crippen molar-refractivity contribution in [2.45, 2.75) is 31.2 Å². The first kappa shape index (κ1) is 18.8. The highest BCUT2D eigenvalue weighted by atomic mass is 32.2. The number of ether oxygens (including phenoxy) is 2. The molecule has 148 valence electrons. The minimum atomic E-state index is -3.79. The number of rotatable bonds is 4. The van der Waals surface area contributed by atoms with Crippen LogP contribution in [-0.4, -0.2) is 40.1 Å². The molecular weight excluding hydrogens is 380 g/mol. The van der Waals surface area contributed by atoms with E-state index in [9.17, 15) is 13.2 Å². The number of nitrogens with zero attached hydrogens (tertiary/aromatic N) is 1. The Morgan fingerprint density at radius 1 is 1.00 bits per heavy atom. The third-order valence-electron chi connectivity index (χ3n) is 5.07. The number of amides is 1. The summed E-state index contributed by atoms with van der Waals surface area (Å²) in [7, 11) is -3.79. The first-order valence-electron chi connectivity index (χ1n) is 9.13. The summed E-state index contributed by atoms with van der Waals surface area (Å²) in [6, 6.07) is 9.83. The molecule has 8 heteroatoms. The predicted molar refractivity (Wildman–Crippen MR) is 104 cm³/mol. The van der Waals surface area contributed by atoms with Crippen LogP contribution in [0.5, 0.6) is 11.5 Å². The van der Waals surface area contributed by atoms with Crippen molar-refractivity contribution >= 4 is 21.6 Å². The SMILES string of the molecule is Cc1ccc(N2C[C@@H](NS(=O)(=O)c3ccc4c(c3)OCCO4)CC2=O)cc1C. The first-order valence-corrected chi connectivity index (χ1v) is 10.6. The predicted octanol–water partition coefficient (Wildman–Crippen LogP) is 2.16. The van der Waals surface area contributed by atoms with Crippen LogP contribution in [0.4, 0.5) is 5.69 Å². The molecule has 1 N–H and O–H groups in total. The van der Waals surface area contributed by atoms with Gasteiger partial charge in [-0.15, -0.1) is 0 Å². The summed E-state index contributed by atoms with van der Waals surface area (Å²) in [4.78, 5) is 14.2. The molecule has 1 amide bonds. The molecule has 0 aromatic heterocycles. The molecule has 4 rings (SSSR count). The van der Waals surface area contributed by atoms with Crippen LogP contribution in [0.1, 0.15) is 17.5 Å². The van der Waals surface area contributed by atoms with Crippen LogP contribution >= 0.6 is 0 Å². The number of sulfonamides is 1. The van der Waals surface area contributed by atoms with E-state index in [2.05, 4.69) is 4.72 Å². The molecule has 1 fully saturated rings. The highest BCUT2D eigenvalue weighted by molar-refractivity contribution is 7.89. The number of aryl methyl sites for hydroxylation is 2. The maximum atomic E-state index is 12.8. The third-order valence-corrected chi connectivity index (χ3v) is 6.59. The first-order chi connectivity index (χ1) is 13.3. The lowest BCUT2D eigenvalue weighted by Crippen LogP contribution is -2.37. The summed E-state index contributed by atoms with van der Waals surface area (Å²) in [5, 5.41) is 0. The van der Waals surface area contributed by atoms with Crippen molar-refractivity contribution in [3.63, 3.8) is 0 Å². The van der Waals surface area contributed by atoms with Crippen LogP contribution in [0.3, 0.4) is 0 Å². The van der Waals surface area contributed by atoms with Gasteiger partial charge in [0.1, 0.15) is 13.2 Å². The molecule has 1 atom stereocenters. The normalized spacial score (nSPS) is 19.1. The molecule has 2 heterocycles. The molecule has 0 saturated carbocycles. The molecule has 0 aliphatic carbocycles. The highest BCUT2D eigenvalue weighted by Crippen LogP contribution is 2.32. The van der Waals surface area contributed by atoms with Gasteiger partial charge >= 0.3 is 0 Å². The summed E-state index contributed by atoms with van der Waals surface area (Å²) >= 11 is 0. The maximum absolute atomic E-state index is 12.8. The van der Waals surface area contributed by atoms with Crippen LogP contribution in [-0.2, 0) is 14.8 Å². The summed E-state index contributed by atoms with van der Waals surface area (Å²) in [5.41, 5.74) is 3.02. The van der Waals surface area contributed by atoms with E-state index in [1.54, 1.807) is 11.0 Å². The van der Waals surface area contributed by atoms with Gasteiger partial charge in [0.15, 0.2) is 11.5 Å². The van der Waals surface area contributed by atoms with Gasteiger partial charge in [-0.3, -0.25) is 4.79 Å². The lowest BCUT2D eigenvalue weighted by molar-refractivity contribution is -0.117. The van der Waals surface area contributed by atoms with E-state index in [1.165, 1.54) is 12.1 Å². The number of anilines is 1. The quantitative estimate of drug-likeness (QED) is 0.847.